The number of fused-ring (bicyclic) bond motifs is 1. The molecular formula is C18H14FN7O2S. The van der Waals surface area contributed by atoms with Crippen LogP contribution in [0.5, 0.6) is 0 Å². The van der Waals surface area contributed by atoms with E-state index in [1.807, 2.05) is 0 Å². The summed E-state index contributed by atoms with van der Waals surface area (Å²) in [6.07, 6.45) is 5.12. The van der Waals surface area contributed by atoms with Crippen LogP contribution in [-0.2, 0) is 4.79 Å². The predicted molar refractivity (Wildman–Crippen MR) is 102 cm³/mol. The van der Waals surface area contributed by atoms with Crippen molar-refractivity contribution in [3.63, 3.8) is 0 Å². The quantitative estimate of drug-likeness (QED) is 0.381. The Hall–Kier alpha value is -3.34. The number of nitrogens with one attached hydrogen (secondary N) is 1. The summed E-state index contributed by atoms with van der Waals surface area (Å²) >= 11 is 1.25. The number of aromatic nitrogens is 6. The van der Waals surface area contributed by atoms with Gasteiger partial charge in [0.2, 0.25) is 11.8 Å². The van der Waals surface area contributed by atoms with E-state index < -0.39 is 0 Å². The van der Waals surface area contributed by atoms with E-state index in [-0.39, 0.29) is 23.5 Å². The molecule has 0 radical (unpaired) electrons. The molecule has 1 N–H and O–H groups in total. The van der Waals surface area contributed by atoms with E-state index >= 15 is 0 Å². The van der Waals surface area contributed by atoms with E-state index in [0.29, 0.717) is 33.6 Å². The highest BCUT2D eigenvalue weighted by Crippen LogP contribution is 2.39. The van der Waals surface area contributed by atoms with Crippen LogP contribution < -0.4 is 5.32 Å². The lowest BCUT2D eigenvalue weighted by molar-refractivity contribution is -0.113. The number of anilines is 1. The van der Waals surface area contributed by atoms with E-state index in [9.17, 15) is 9.18 Å². The number of carbonyl (C=O) groups is 1. The Labute approximate surface area is 167 Å². The lowest BCUT2D eigenvalue weighted by atomic mass is 10.3. The smallest absolute Gasteiger partial charge is 0.322 e. The average molecular weight is 411 g/mol. The summed E-state index contributed by atoms with van der Waals surface area (Å²) in [6.45, 7) is 0. The maximum atomic E-state index is 13.2. The van der Waals surface area contributed by atoms with Crippen LogP contribution >= 0.6 is 11.8 Å². The molecule has 0 saturated heterocycles. The first kappa shape index (κ1) is 17.7. The highest BCUT2D eigenvalue weighted by Gasteiger charge is 2.29. The normalized spacial score (nSPS) is 13.7. The zero-order valence-corrected chi connectivity index (χ0v) is 15.8. The zero-order chi connectivity index (χ0) is 19.8. The van der Waals surface area contributed by atoms with Crippen molar-refractivity contribution in [2.45, 2.75) is 23.8 Å². The van der Waals surface area contributed by atoms with Crippen molar-refractivity contribution in [3.8, 4) is 5.69 Å². The molecule has 0 bridgehead atoms. The highest BCUT2D eigenvalue weighted by molar-refractivity contribution is 8.00. The monoisotopic (exact) mass is 411 g/mol. The summed E-state index contributed by atoms with van der Waals surface area (Å²) in [5.41, 5.74) is 1.25. The molecule has 0 unspecified atom stereocenters. The maximum Gasteiger partial charge on any atom is 0.322 e. The van der Waals surface area contributed by atoms with Crippen LogP contribution in [0.3, 0.4) is 0 Å². The van der Waals surface area contributed by atoms with Gasteiger partial charge in [-0.05, 0) is 37.1 Å². The van der Waals surface area contributed by atoms with E-state index in [1.165, 1.54) is 30.2 Å². The van der Waals surface area contributed by atoms with Gasteiger partial charge in [-0.15, -0.1) is 5.10 Å². The first-order valence-electron chi connectivity index (χ1n) is 8.88. The molecule has 146 valence electrons. The predicted octanol–water partition coefficient (Wildman–Crippen LogP) is 2.95. The van der Waals surface area contributed by atoms with Gasteiger partial charge in [-0.1, -0.05) is 16.9 Å². The van der Waals surface area contributed by atoms with E-state index in [1.54, 1.807) is 23.0 Å². The molecule has 1 aliphatic carbocycles. The molecular weight excluding hydrogens is 397 g/mol. The third kappa shape index (κ3) is 3.68. The van der Waals surface area contributed by atoms with Gasteiger partial charge < -0.3 is 4.42 Å². The Morgan fingerprint density at radius 3 is 2.86 bits per heavy atom. The van der Waals surface area contributed by atoms with Crippen LogP contribution in [0.1, 0.15) is 24.7 Å². The number of hydrogen-bond acceptors (Lipinski definition) is 8. The molecule has 4 aromatic rings. The SMILES string of the molecule is O=C(CSc1ncnc2c1cnn2-c1ccc(F)cc1)Nc1nnc(C2CC2)o1. The number of carbonyl (C=O) groups excluding carboxylic acids is 1. The summed E-state index contributed by atoms with van der Waals surface area (Å²) in [5, 5.41) is 16.0. The van der Waals surface area contributed by atoms with Gasteiger partial charge in [0.05, 0.1) is 23.0 Å². The number of nitrogens with zero attached hydrogens (tertiary/aromatic N) is 6. The summed E-state index contributed by atoms with van der Waals surface area (Å²) < 4.78 is 20.2. The van der Waals surface area contributed by atoms with E-state index in [4.69, 9.17) is 4.42 Å². The fraction of sp³-hybridized carbons (Fsp3) is 0.222. The number of amides is 1. The molecule has 11 heteroatoms. The van der Waals surface area contributed by atoms with Crippen molar-refractivity contribution in [2.75, 3.05) is 11.1 Å². The fourth-order valence-corrected chi connectivity index (χ4v) is 3.54. The molecule has 1 saturated carbocycles. The Balaban J connectivity index is 1.30. The topological polar surface area (TPSA) is 112 Å². The standard InChI is InChI=1S/C18H14FN7O2S/c19-11-3-5-12(6-4-11)26-15-13(7-22-26)17(21-9-20-15)29-8-14(27)23-18-25-24-16(28-18)10-1-2-10/h3-7,9-10H,1-2,8H2,(H,23,25,27). The van der Waals surface area contributed by atoms with Gasteiger partial charge in [-0.2, -0.15) is 5.10 Å². The van der Waals surface area contributed by atoms with Gasteiger partial charge in [0, 0.05) is 5.92 Å². The number of hydrogen-bond donors (Lipinski definition) is 1. The second-order valence-corrected chi connectivity index (χ2v) is 7.47. The van der Waals surface area contributed by atoms with E-state index in [2.05, 4.69) is 30.6 Å². The Morgan fingerprint density at radius 2 is 2.07 bits per heavy atom. The number of rotatable bonds is 6. The van der Waals surface area contributed by atoms with Crippen molar-refractivity contribution in [1.29, 1.82) is 0 Å². The minimum atomic E-state index is -0.326. The molecule has 1 aliphatic rings. The first-order chi connectivity index (χ1) is 14.2. The summed E-state index contributed by atoms with van der Waals surface area (Å²) in [4.78, 5) is 20.7. The molecule has 0 aliphatic heterocycles. The molecule has 0 atom stereocenters. The van der Waals surface area contributed by atoms with Crippen LogP contribution in [-0.4, -0.2) is 41.6 Å². The maximum absolute atomic E-state index is 13.2. The van der Waals surface area contributed by atoms with Crippen molar-refractivity contribution in [3.05, 3.63) is 48.5 Å². The number of thioether (sulfide) groups is 1. The number of benzene rings is 1. The van der Waals surface area contributed by atoms with Crippen LogP contribution in [0.25, 0.3) is 16.7 Å². The van der Waals surface area contributed by atoms with Gasteiger partial charge in [-0.25, -0.2) is 19.0 Å². The van der Waals surface area contributed by atoms with Gasteiger partial charge in [-0.3, -0.25) is 10.1 Å². The van der Waals surface area contributed by atoms with Crippen LogP contribution in [0.15, 0.2) is 46.2 Å². The molecule has 29 heavy (non-hydrogen) atoms. The zero-order valence-electron chi connectivity index (χ0n) is 14.9. The molecule has 0 spiro atoms. The largest absolute Gasteiger partial charge is 0.408 e. The minimum Gasteiger partial charge on any atom is -0.408 e. The third-order valence-corrected chi connectivity index (χ3v) is 5.36. The van der Waals surface area contributed by atoms with Gasteiger partial charge in [0.25, 0.3) is 0 Å². The van der Waals surface area contributed by atoms with Crippen LogP contribution in [0, 0.1) is 5.82 Å². The highest BCUT2D eigenvalue weighted by atomic mass is 32.2. The van der Waals surface area contributed by atoms with Gasteiger partial charge in [0.15, 0.2) is 5.65 Å². The van der Waals surface area contributed by atoms with Crippen LogP contribution in [0.2, 0.25) is 0 Å². The van der Waals surface area contributed by atoms with Gasteiger partial charge >= 0.3 is 6.01 Å². The second-order valence-electron chi connectivity index (χ2n) is 6.51. The molecule has 1 fully saturated rings. The second kappa shape index (κ2) is 7.24. The summed E-state index contributed by atoms with van der Waals surface area (Å²) in [5.74, 6) is 0.397. The molecule has 1 aromatic carbocycles. The van der Waals surface area contributed by atoms with Crippen LogP contribution in [0.4, 0.5) is 10.4 Å². The molecule has 1 amide bonds. The Morgan fingerprint density at radius 1 is 1.24 bits per heavy atom. The molecule has 9 nitrogen and oxygen atoms in total. The van der Waals surface area contributed by atoms with Crippen molar-refractivity contribution in [1.82, 2.24) is 29.9 Å². The number of halogens is 1. The fourth-order valence-electron chi connectivity index (χ4n) is 2.78. The van der Waals surface area contributed by atoms with E-state index in [0.717, 1.165) is 12.8 Å². The Kier molecular flexibility index (Phi) is 4.43. The lowest BCUT2D eigenvalue weighted by Gasteiger charge is -2.04. The third-order valence-electron chi connectivity index (χ3n) is 4.35. The summed E-state index contributed by atoms with van der Waals surface area (Å²) in [7, 11) is 0. The van der Waals surface area contributed by atoms with Crippen molar-refractivity contribution >= 4 is 34.7 Å². The lowest BCUT2D eigenvalue weighted by Crippen LogP contribution is -2.14. The Bertz CT molecular complexity index is 1190. The van der Waals surface area contributed by atoms with Crippen molar-refractivity contribution in [2.24, 2.45) is 0 Å². The minimum absolute atomic E-state index is 0.106. The molecule has 3 heterocycles. The average Bonchev–Trinajstić information content (AvgIpc) is 3.32. The van der Waals surface area contributed by atoms with Crippen molar-refractivity contribution < 1.29 is 13.6 Å². The molecule has 3 aromatic heterocycles. The first-order valence-corrected chi connectivity index (χ1v) is 9.86. The summed E-state index contributed by atoms with van der Waals surface area (Å²) in [6, 6.07) is 6.05. The molecule has 5 rings (SSSR count). The van der Waals surface area contributed by atoms with Gasteiger partial charge in [0.1, 0.15) is 17.2 Å².